The maximum absolute atomic E-state index is 12.1. The van der Waals surface area contributed by atoms with Crippen molar-refractivity contribution < 1.29 is 84.6 Å². The molecule has 0 radical (unpaired) electrons. The van der Waals surface area contributed by atoms with E-state index in [1.54, 1.807) is 12.1 Å². The average molecular weight is 801 g/mol. The van der Waals surface area contributed by atoms with E-state index in [4.69, 9.17) is 28.4 Å². The zero-order valence-corrected chi connectivity index (χ0v) is 32.0. The van der Waals surface area contributed by atoms with E-state index in [9.17, 15) is 56.2 Å². The van der Waals surface area contributed by atoms with Gasteiger partial charge in [-0.1, -0.05) is 43.6 Å². The van der Waals surface area contributed by atoms with Crippen LogP contribution in [0.3, 0.4) is 0 Å². The largest absolute Gasteiger partial charge is 0.507 e. The van der Waals surface area contributed by atoms with E-state index in [2.05, 4.69) is 13.5 Å². The number of hydrogen-bond acceptors (Lipinski definition) is 17. The van der Waals surface area contributed by atoms with E-state index in [0.717, 1.165) is 48.8 Å². The number of aliphatic hydroxyl groups is 10. The monoisotopic (exact) mass is 800 g/mol. The second-order valence-corrected chi connectivity index (χ2v) is 15.4. The van der Waals surface area contributed by atoms with E-state index < -0.39 is 112 Å². The Labute approximate surface area is 325 Å². The minimum atomic E-state index is -1.94. The molecule has 0 amide bonds. The third kappa shape index (κ3) is 9.59. The van der Waals surface area contributed by atoms with Crippen molar-refractivity contribution in [1.29, 1.82) is 0 Å². The van der Waals surface area contributed by atoms with Crippen LogP contribution in [0, 0.1) is 5.92 Å². The Hall–Kier alpha value is -2.30. The summed E-state index contributed by atoms with van der Waals surface area (Å²) in [7, 11) is 0. The first-order chi connectivity index (χ1) is 26.6. The lowest BCUT2D eigenvalue weighted by molar-refractivity contribution is -0.381. The molecule has 0 spiro atoms. The van der Waals surface area contributed by atoms with Crippen molar-refractivity contribution in [3.05, 3.63) is 47.1 Å². The second-order valence-electron chi connectivity index (χ2n) is 15.4. The maximum atomic E-state index is 12.1. The molecule has 3 aliphatic heterocycles. The van der Waals surface area contributed by atoms with Crippen LogP contribution in [0.4, 0.5) is 0 Å². The SMILES string of the molecule is C=C(C)[C@@H]1CCC(C)=C[C@H]1c1c(O)cc(CCCCC)cc1O[C@@H]1O[C@H](CO)[C@@H](O[C@@H]2O[C@H](CO)[C@@H](O)[C@H](O)[C@H]2O)[C@H](O[C@@H]2O[C@H](CO)[C@@H](O)[C@H](O)[C@H]2O)[C@H]1O. The van der Waals surface area contributed by atoms with Crippen LogP contribution >= 0.6 is 0 Å². The van der Waals surface area contributed by atoms with Crippen molar-refractivity contribution in [3.8, 4) is 11.5 Å². The summed E-state index contributed by atoms with van der Waals surface area (Å²) in [6, 6.07) is 3.45. The van der Waals surface area contributed by atoms with Crippen LogP contribution < -0.4 is 4.74 Å². The molecule has 0 unspecified atom stereocenters. The number of aliphatic hydroxyl groups excluding tert-OH is 10. The Bertz CT molecular complexity index is 1470. The van der Waals surface area contributed by atoms with Crippen molar-refractivity contribution in [2.75, 3.05) is 19.8 Å². The number of aromatic hydroxyl groups is 1. The fourth-order valence-electron chi connectivity index (χ4n) is 7.98. The standard InChI is InChI=1S/C39H60O17/c1-5-6-7-8-19-12-22(43)27(21-11-18(4)9-10-20(21)17(2)3)23(13-19)51-39-34(50)36(56-38-33(49)31(47)29(45)25(15-41)53-38)35(26(16-42)54-39)55-37-32(48)30(46)28(44)24(14-40)52-37/h11-13,20-21,24-26,28-50H,2,5-10,14-16H2,1,3-4H3/t20-,21+,24+,25+,26+,28+,29+,30-,31-,32+,33+,34+,35+,36+,37-,38-,39+/m0/s1. The molecule has 5 rings (SSSR count). The third-order valence-corrected chi connectivity index (χ3v) is 11.3. The van der Waals surface area contributed by atoms with Crippen LogP contribution in [-0.2, 0) is 30.1 Å². The molecular formula is C39H60O17. The number of phenols is 1. The van der Waals surface area contributed by atoms with E-state index in [1.165, 1.54) is 0 Å². The van der Waals surface area contributed by atoms with Crippen molar-refractivity contribution >= 4 is 0 Å². The predicted octanol–water partition coefficient (Wildman–Crippen LogP) is -1.03. The summed E-state index contributed by atoms with van der Waals surface area (Å²) < 4.78 is 35.7. The molecule has 3 fully saturated rings. The van der Waals surface area contributed by atoms with Crippen molar-refractivity contribution in [2.24, 2.45) is 5.92 Å². The zero-order valence-electron chi connectivity index (χ0n) is 32.0. The topological polar surface area (TPSA) is 278 Å². The van der Waals surface area contributed by atoms with Crippen molar-refractivity contribution in [1.82, 2.24) is 0 Å². The van der Waals surface area contributed by atoms with Gasteiger partial charge in [-0.3, -0.25) is 0 Å². The van der Waals surface area contributed by atoms with Crippen LogP contribution in [0.5, 0.6) is 11.5 Å². The molecule has 56 heavy (non-hydrogen) atoms. The highest BCUT2D eigenvalue weighted by molar-refractivity contribution is 5.52. The number of ether oxygens (including phenoxy) is 6. The van der Waals surface area contributed by atoms with Crippen LogP contribution in [0.15, 0.2) is 35.9 Å². The molecule has 4 aliphatic rings. The first-order valence-electron chi connectivity index (χ1n) is 19.4. The summed E-state index contributed by atoms with van der Waals surface area (Å²) in [5, 5.41) is 117. The summed E-state index contributed by atoms with van der Waals surface area (Å²) in [5.74, 6) is -0.324. The number of phenolic OH excluding ortho intramolecular Hbond substituents is 1. The molecule has 0 bridgehead atoms. The molecule has 1 aliphatic carbocycles. The van der Waals surface area contributed by atoms with Crippen molar-refractivity contribution in [2.45, 2.75) is 157 Å². The fraction of sp³-hybridized carbons (Fsp3) is 0.744. The lowest BCUT2D eigenvalue weighted by Gasteiger charge is -2.49. The molecule has 3 heterocycles. The van der Waals surface area contributed by atoms with Gasteiger partial charge >= 0.3 is 0 Å². The van der Waals surface area contributed by atoms with E-state index in [0.29, 0.717) is 12.0 Å². The number of unbranched alkanes of at least 4 members (excludes halogenated alkanes) is 2. The summed E-state index contributed by atoms with van der Waals surface area (Å²) >= 11 is 0. The molecule has 0 aromatic heterocycles. The average Bonchev–Trinajstić information content (AvgIpc) is 3.17. The van der Waals surface area contributed by atoms with Gasteiger partial charge in [0.05, 0.1) is 19.8 Å². The van der Waals surface area contributed by atoms with Gasteiger partial charge in [0.1, 0.15) is 84.7 Å². The lowest BCUT2D eigenvalue weighted by Crippen LogP contribution is -2.67. The highest BCUT2D eigenvalue weighted by Crippen LogP contribution is 2.48. The van der Waals surface area contributed by atoms with Crippen LogP contribution in [0.2, 0.25) is 0 Å². The van der Waals surface area contributed by atoms with Crippen molar-refractivity contribution in [3.63, 3.8) is 0 Å². The summed E-state index contributed by atoms with van der Waals surface area (Å²) in [4.78, 5) is 0. The number of aryl methyl sites for hydroxylation is 1. The second kappa shape index (κ2) is 19.6. The molecule has 318 valence electrons. The third-order valence-electron chi connectivity index (χ3n) is 11.3. The van der Waals surface area contributed by atoms with E-state index >= 15 is 0 Å². The lowest BCUT2D eigenvalue weighted by atomic mass is 9.73. The summed E-state index contributed by atoms with van der Waals surface area (Å²) in [6.45, 7) is 7.77. The van der Waals surface area contributed by atoms with Crippen LogP contribution in [0.25, 0.3) is 0 Å². The number of rotatable bonds is 15. The quantitative estimate of drug-likeness (QED) is 0.0747. The normalized spacial score (nSPS) is 40.6. The molecule has 17 nitrogen and oxygen atoms in total. The molecule has 0 saturated carbocycles. The van der Waals surface area contributed by atoms with Gasteiger partial charge in [0, 0.05) is 11.5 Å². The van der Waals surface area contributed by atoms with Gasteiger partial charge in [-0.2, -0.15) is 0 Å². The molecular weight excluding hydrogens is 740 g/mol. The summed E-state index contributed by atoms with van der Waals surface area (Å²) in [6.07, 6.45) is -19.0. The predicted molar refractivity (Wildman–Crippen MR) is 195 cm³/mol. The van der Waals surface area contributed by atoms with E-state index in [1.807, 2.05) is 19.9 Å². The first kappa shape index (κ1) is 44.8. The van der Waals surface area contributed by atoms with Gasteiger partial charge in [-0.05, 0) is 63.1 Å². The first-order valence-corrected chi connectivity index (χ1v) is 19.4. The van der Waals surface area contributed by atoms with Crippen LogP contribution in [-0.4, -0.2) is 168 Å². The smallest absolute Gasteiger partial charge is 0.229 e. The van der Waals surface area contributed by atoms with Crippen LogP contribution in [0.1, 0.15) is 69.9 Å². The van der Waals surface area contributed by atoms with Gasteiger partial charge < -0.3 is 84.6 Å². The minimum Gasteiger partial charge on any atom is -0.507 e. The highest BCUT2D eigenvalue weighted by atomic mass is 16.8. The Morgan fingerprint density at radius 2 is 1.29 bits per heavy atom. The zero-order chi connectivity index (χ0) is 41.0. The van der Waals surface area contributed by atoms with Gasteiger partial charge in [0.2, 0.25) is 6.29 Å². The molecule has 1 aromatic carbocycles. The van der Waals surface area contributed by atoms with Gasteiger partial charge in [0.15, 0.2) is 12.6 Å². The maximum Gasteiger partial charge on any atom is 0.229 e. The van der Waals surface area contributed by atoms with E-state index in [-0.39, 0.29) is 23.3 Å². The molecule has 1 aromatic rings. The minimum absolute atomic E-state index is 0.0434. The van der Waals surface area contributed by atoms with Gasteiger partial charge in [0.25, 0.3) is 0 Å². The molecule has 17 heteroatoms. The molecule has 11 N–H and O–H groups in total. The number of hydrogen-bond donors (Lipinski definition) is 11. The molecule has 17 atom stereocenters. The summed E-state index contributed by atoms with van der Waals surface area (Å²) in [5.41, 5.74) is 3.16. The van der Waals surface area contributed by atoms with Gasteiger partial charge in [-0.15, -0.1) is 0 Å². The van der Waals surface area contributed by atoms with Gasteiger partial charge in [-0.25, -0.2) is 0 Å². The molecule has 3 saturated heterocycles. The number of allylic oxidation sites excluding steroid dienone is 3. The fourth-order valence-corrected chi connectivity index (χ4v) is 7.98. The Morgan fingerprint density at radius 3 is 1.82 bits per heavy atom. The highest BCUT2D eigenvalue weighted by Gasteiger charge is 2.55. The Morgan fingerprint density at radius 1 is 0.732 bits per heavy atom. The Balaban J connectivity index is 1.55. The Kier molecular flexibility index (Phi) is 15.7. The number of benzene rings is 1.